The van der Waals surface area contributed by atoms with Crippen LogP contribution in [0.5, 0.6) is 5.75 Å². The van der Waals surface area contributed by atoms with Crippen LogP contribution in [0.3, 0.4) is 0 Å². The van der Waals surface area contributed by atoms with Crippen LogP contribution in [0.2, 0.25) is 0 Å². The summed E-state index contributed by atoms with van der Waals surface area (Å²) in [5, 5.41) is 0. The molecule has 6 heteroatoms. The second kappa shape index (κ2) is 10.4. The third kappa shape index (κ3) is 5.03. The van der Waals surface area contributed by atoms with Crippen molar-refractivity contribution in [1.82, 2.24) is 9.80 Å². The minimum absolute atomic E-state index is 0.0623. The lowest BCUT2D eigenvalue weighted by molar-refractivity contribution is 0.0664. The molecule has 0 radical (unpaired) electrons. The summed E-state index contributed by atoms with van der Waals surface area (Å²) >= 11 is 0. The van der Waals surface area contributed by atoms with Gasteiger partial charge in [0.15, 0.2) is 0 Å². The zero-order chi connectivity index (χ0) is 26.9. The first-order valence-electron chi connectivity index (χ1n) is 13.3. The maximum atomic E-state index is 13.2. The van der Waals surface area contributed by atoms with E-state index in [9.17, 15) is 9.59 Å². The molecule has 2 amide bonds. The highest BCUT2D eigenvalue weighted by molar-refractivity contribution is 6.01. The number of carbonyl (C=O) groups is 2. The van der Waals surface area contributed by atoms with E-state index in [0.29, 0.717) is 24.2 Å². The number of ether oxygens (including phenoxy) is 1. The largest absolute Gasteiger partial charge is 0.489 e. The summed E-state index contributed by atoms with van der Waals surface area (Å²) in [6.07, 6.45) is 0.583. The molecule has 0 spiro atoms. The summed E-state index contributed by atoms with van der Waals surface area (Å²) in [5.74, 6) is 0.395. The zero-order valence-corrected chi connectivity index (χ0v) is 22.0. The molecule has 6 rings (SSSR count). The fourth-order valence-corrected chi connectivity index (χ4v) is 5.49. The molecule has 4 aromatic carbocycles. The highest BCUT2D eigenvalue weighted by Crippen LogP contribution is 2.41. The van der Waals surface area contributed by atoms with Gasteiger partial charge >= 0.3 is 0 Å². The molecule has 0 saturated carbocycles. The Bertz CT molecular complexity index is 1540. The number of rotatable bonds is 6. The van der Waals surface area contributed by atoms with Gasteiger partial charge < -0.3 is 20.3 Å². The lowest BCUT2D eigenvalue weighted by atomic mass is 9.94. The summed E-state index contributed by atoms with van der Waals surface area (Å²) < 4.78 is 5.94. The van der Waals surface area contributed by atoms with Crippen LogP contribution in [0.1, 0.15) is 37.4 Å². The van der Waals surface area contributed by atoms with Gasteiger partial charge in [0.05, 0.1) is 0 Å². The molecule has 2 aliphatic rings. The highest BCUT2D eigenvalue weighted by Gasteiger charge is 2.27. The Balaban J connectivity index is 1.26. The SMILES string of the molecule is CN1CCN(C(=O)c2ccc3c(c2)Cc2c(C(N)=O)cc(-c4ccc(OCc5ccccc5)cc4)cc2-3)CC1. The molecule has 1 saturated heterocycles. The molecule has 6 nitrogen and oxygen atoms in total. The number of fused-ring (bicyclic) bond motifs is 3. The van der Waals surface area contributed by atoms with Crippen molar-refractivity contribution in [1.29, 1.82) is 0 Å². The van der Waals surface area contributed by atoms with Crippen molar-refractivity contribution in [2.24, 2.45) is 5.73 Å². The van der Waals surface area contributed by atoms with Crippen LogP contribution in [0.25, 0.3) is 22.3 Å². The number of carbonyl (C=O) groups excluding carboxylic acids is 2. The number of likely N-dealkylation sites (N-methyl/N-ethyl adjacent to an activating group) is 1. The second-order valence-electron chi connectivity index (χ2n) is 10.4. The van der Waals surface area contributed by atoms with Crippen LogP contribution >= 0.6 is 0 Å². The number of hydrogen-bond donors (Lipinski definition) is 1. The van der Waals surface area contributed by atoms with E-state index in [-0.39, 0.29) is 5.91 Å². The molecule has 2 N–H and O–H groups in total. The minimum atomic E-state index is -0.447. The van der Waals surface area contributed by atoms with E-state index in [4.69, 9.17) is 10.5 Å². The molecular formula is C33H31N3O3. The molecule has 1 heterocycles. The maximum Gasteiger partial charge on any atom is 0.253 e. The summed E-state index contributed by atoms with van der Waals surface area (Å²) in [5.41, 5.74) is 14.1. The third-order valence-electron chi connectivity index (χ3n) is 7.75. The summed E-state index contributed by atoms with van der Waals surface area (Å²) in [6, 6.07) is 27.8. The first-order chi connectivity index (χ1) is 19.0. The molecule has 4 aromatic rings. The molecule has 39 heavy (non-hydrogen) atoms. The Hall–Kier alpha value is -4.42. The fourth-order valence-electron chi connectivity index (χ4n) is 5.49. The topological polar surface area (TPSA) is 75.9 Å². The number of primary amides is 1. The van der Waals surface area contributed by atoms with Crippen molar-refractivity contribution in [3.05, 3.63) is 113 Å². The van der Waals surface area contributed by atoms with Crippen molar-refractivity contribution in [3.63, 3.8) is 0 Å². The zero-order valence-electron chi connectivity index (χ0n) is 22.0. The van der Waals surface area contributed by atoms with Crippen molar-refractivity contribution in [3.8, 4) is 28.0 Å². The van der Waals surface area contributed by atoms with E-state index in [1.54, 1.807) is 0 Å². The monoisotopic (exact) mass is 517 g/mol. The van der Waals surface area contributed by atoms with Gasteiger partial charge in [-0.1, -0.05) is 48.5 Å². The van der Waals surface area contributed by atoms with Crippen LogP contribution in [-0.4, -0.2) is 54.8 Å². The molecule has 1 fully saturated rings. The molecule has 0 aromatic heterocycles. The van der Waals surface area contributed by atoms with Crippen LogP contribution in [0, 0.1) is 0 Å². The van der Waals surface area contributed by atoms with Crippen molar-refractivity contribution < 1.29 is 14.3 Å². The highest BCUT2D eigenvalue weighted by atomic mass is 16.5. The Morgan fingerprint density at radius 3 is 2.28 bits per heavy atom. The Kier molecular flexibility index (Phi) is 6.63. The third-order valence-corrected chi connectivity index (χ3v) is 7.75. The van der Waals surface area contributed by atoms with Gasteiger partial charge in [-0.2, -0.15) is 0 Å². The predicted octanol–water partition coefficient (Wildman–Crippen LogP) is 4.99. The smallest absolute Gasteiger partial charge is 0.253 e. The molecule has 0 bridgehead atoms. The molecule has 0 atom stereocenters. The van der Waals surface area contributed by atoms with E-state index in [0.717, 1.165) is 70.9 Å². The number of amides is 2. The van der Waals surface area contributed by atoms with E-state index in [1.807, 2.05) is 83.8 Å². The molecule has 0 unspecified atom stereocenters. The second-order valence-corrected chi connectivity index (χ2v) is 10.4. The van der Waals surface area contributed by atoms with E-state index in [1.165, 1.54) is 0 Å². The van der Waals surface area contributed by atoms with Gasteiger partial charge in [0.25, 0.3) is 5.91 Å². The number of hydrogen-bond acceptors (Lipinski definition) is 4. The molecular weight excluding hydrogens is 486 g/mol. The first kappa shape index (κ1) is 24.9. The number of piperazine rings is 1. The van der Waals surface area contributed by atoms with Gasteiger partial charge in [-0.25, -0.2) is 0 Å². The fraction of sp³-hybridized carbons (Fsp3) is 0.212. The van der Waals surface area contributed by atoms with Crippen LogP contribution in [-0.2, 0) is 13.0 Å². The van der Waals surface area contributed by atoms with Gasteiger partial charge in [-0.15, -0.1) is 0 Å². The van der Waals surface area contributed by atoms with Crippen molar-refractivity contribution >= 4 is 11.8 Å². The van der Waals surface area contributed by atoms with E-state index >= 15 is 0 Å². The van der Waals surface area contributed by atoms with Gasteiger partial charge in [0, 0.05) is 37.3 Å². The molecule has 1 aliphatic carbocycles. The lowest BCUT2D eigenvalue weighted by Crippen LogP contribution is -2.47. The summed E-state index contributed by atoms with van der Waals surface area (Å²) in [7, 11) is 2.08. The van der Waals surface area contributed by atoms with Gasteiger partial charge in [0.2, 0.25) is 5.91 Å². The van der Waals surface area contributed by atoms with Gasteiger partial charge in [-0.05, 0) is 88.8 Å². The number of nitrogens with zero attached hydrogens (tertiary/aromatic N) is 2. The summed E-state index contributed by atoms with van der Waals surface area (Å²) in [6.45, 7) is 3.73. The Morgan fingerprint density at radius 2 is 1.56 bits per heavy atom. The lowest BCUT2D eigenvalue weighted by Gasteiger charge is -2.32. The minimum Gasteiger partial charge on any atom is -0.489 e. The quantitative estimate of drug-likeness (QED) is 0.344. The van der Waals surface area contributed by atoms with E-state index < -0.39 is 5.91 Å². The van der Waals surface area contributed by atoms with Crippen molar-refractivity contribution in [2.45, 2.75) is 13.0 Å². The van der Waals surface area contributed by atoms with Gasteiger partial charge in [-0.3, -0.25) is 9.59 Å². The maximum absolute atomic E-state index is 13.2. The Morgan fingerprint density at radius 1 is 0.821 bits per heavy atom. The van der Waals surface area contributed by atoms with E-state index in [2.05, 4.69) is 18.0 Å². The normalized spacial score (nSPS) is 14.5. The van der Waals surface area contributed by atoms with Crippen LogP contribution in [0.4, 0.5) is 0 Å². The van der Waals surface area contributed by atoms with Crippen LogP contribution in [0.15, 0.2) is 84.9 Å². The van der Waals surface area contributed by atoms with Crippen LogP contribution < -0.4 is 10.5 Å². The number of benzene rings is 4. The summed E-state index contributed by atoms with van der Waals surface area (Å²) in [4.78, 5) is 29.8. The molecule has 1 aliphatic heterocycles. The standard InChI is InChI=1S/C33H31N3O3/c1-35-13-15-36(16-14-35)33(38)24-9-12-28-26(17-24)20-30-29(28)18-25(19-31(30)32(34)37)23-7-10-27(11-8-23)39-21-22-5-3-2-4-6-22/h2-12,17-19H,13-16,20-21H2,1H3,(H2,34,37). The Labute approximate surface area is 228 Å². The predicted molar refractivity (Wildman–Crippen MR) is 153 cm³/mol. The number of nitrogens with two attached hydrogens (primary N) is 1. The average Bonchev–Trinajstić information content (AvgIpc) is 3.34. The first-order valence-corrected chi connectivity index (χ1v) is 13.3. The molecule has 196 valence electrons. The average molecular weight is 518 g/mol. The van der Waals surface area contributed by atoms with Gasteiger partial charge in [0.1, 0.15) is 12.4 Å². The van der Waals surface area contributed by atoms with Crippen molar-refractivity contribution in [2.75, 3.05) is 33.2 Å².